The van der Waals surface area contributed by atoms with Crippen LogP contribution in [-0.2, 0) is 0 Å². The molecule has 0 saturated heterocycles. The number of aryl methyl sites for hydroxylation is 1. The summed E-state index contributed by atoms with van der Waals surface area (Å²) in [6, 6.07) is 5.66. The lowest BCUT2D eigenvalue weighted by Crippen LogP contribution is -1.97. The maximum absolute atomic E-state index is 5.51. The van der Waals surface area contributed by atoms with E-state index in [0.717, 1.165) is 39.3 Å². The average molecular weight is 262 g/mol. The Hall–Kier alpha value is -2.10. The Balaban J connectivity index is 3.00. The molecule has 4 heteroatoms. The van der Waals surface area contributed by atoms with E-state index in [-0.39, 0.29) is 0 Å². The monoisotopic (exact) mass is 262 g/mol. The summed E-state index contributed by atoms with van der Waals surface area (Å²) in [7, 11) is 6.55. The number of ether oxygens (including phenoxy) is 4. The third-order valence-corrected chi connectivity index (χ3v) is 3.17. The third-order valence-electron chi connectivity index (χ3n) is 3.17. The summed E-state index contributed by atoms with van der Waals surface area (Å²) < 4.78 is 21.8. The maximum Gasteiger partial charge on any atom is 0.133 e. The van der Waals surface area contributed by atoms with Crippen LogP contribution in [0.5, 0.6) is 23.0 Å². The molecule has 0 bridgehead atoms. The molecule has 0 aliphatic carbocycles. The van der Waals surface area contributed by atoms with Crippen molar-refractivity contribution in [3.05, 3.63) is 23.8 Å². The van der Waals surface area contributed by atoms with Gasteiger partial charge in [0.15, 0.2) is 0 Å². The summed E-state index contributed by atoms with van der Waals surface area (Å²) in [4.78, 5) is 0. The smallest absolute Gasteiger partial charge is 0.133 e. The van der Waals surface area contributed by atoms with Crippen molar-refractivity contribution in [2.24, 2.45) is 0 Å². The molecule has 0 radical (unpaired) electrons. The highest BCUT2D eigenvalue weighted by molar-refractivity contribution is 6.02. The van der Waals surface area contributed by atoms with Crippen LogP contribution >= 0.6 is 0 Å². The molecule has 4 nitrogen and oxygen atoms in total. The fourth-order valence-electron chi connectivity index (χ4n) is 2.33. The van der Waals surface area contributed by atoms with Gasteiger partial charge >= 0.3 is 0 Å². The van der Waals surface area contributed by atoms with Crippen LogP contribution in [0.15, 0.2) is 18.2 Å². The van der Waals surface area contributed by atoms with Crippen LogP contribution in [0.25, 0.3) is 10.8 Å². The summed E-state index contributed by atoms with van der Waals surface area (Å²) in [5, 5.41) is 1.72. The van der Waals surface area contributed by atoms with Crippen LogP contribution < -0.4 is 18.9 Å². The van der Waals surface area contributed by atoms with Gasteiger partial charge in [0.1, 0.15) is 23.0 Å². The maximum atomic E-state index is 5.51. The van der Waals surface area contributed by atoms with E-state index in [2.05, 4.69) is 0 Å². The lowest BCUT2D eigenvalue weighted by molar-refractivity contribution is 0.391. The SMILES string of the molecule is COc1ccc(OC)c2c(OC)c(C)cc(OC)c12. The fraction of sp³-hybridized carbons (Fsp3) is 0.333. The molecule has 2 aromatic carbocycles. The Labute approximate surface area is 112 Å². The van der Waals surface area contributed by atoms with Crippen molar-refractivity contribution in [3.8, 4) is 23.0 Å². The van der Waals surface area contributed by atoms with Gasteiger partial charge in [0, 0.05) is 0 Å². The minimum atomic E-state index is 0.728. The van der Waals surface area contributed by atoms with Gasteiger partial charge in [-0.3, -0.25) is 0 Å². The summed E-state index contributed by atoms with van der Waals surface area (Å²) in [5.41, 5.74) is 0.985. The zero-order valence-electron chi connectivity index (χ0n) is 11.9. The predicted molar refractivity (Wildman–Crippen MR) is 74.9 cm³/mol. The van der Waals surface area contributed by atoms with Crippen molar-refractivity contribution in [2.75, 3.05) is 28.4 Å². The third kappa shape index (κ3) is 2.03. The van der Waals surface area contributed by atoms with Crippen molar-refractivity contribution in [1.82, 2.24) is 0 Å². The summed E-state index contributed by atoms with van der Waals surface area (Å²) in [6.45, 7) is 1.97. The van der Waals surface area contributed by atoms with Gasteiger partial charge in [0.05, 0.1) is 39.2 Å². The van der Waals surface area contributed by atoms with E-state index in [1.54, 1.807) is 28.4 Å². The summed E-state index contributed by atoms with van der Waals surface area (Å²) >= 11 is 0. The molecule has 0 fully saturated rings. The molecule has 0 spiro atoms. The molecule has 0 saturated carbocycles. The standard InChI is InChI=1S/C15H18O4/c1-9-8-12(18-4)13-10(16-2)6-7-11(17-3)14(13)15(9)19-5/h6-8H,1-5H3. The number of fused-ring (bicyclic) bond motifs is 1. The summed E-state index contributed by atoms with van der Waals surface area (Å²) in [5.74, 6) is 2.97. The molecule has 19 heavy (non-hydrogen) atoms. The van der Waals surface area contributed by atoms with E-state index < -0.39 is 0 Å². The topological polar surface area (TPSA) is 36.9 Å². The van der Waals surface area contributed by atoms with E-state index in [4.69, 9.17) is 18.9 Å². The second-order valence-electron chi connectivity index (χ2n) is 4.15. The number of rotatable bonds is 4. The molecule has 0 atom stereocenters. The predicted octanol–water partition coefficient (Wildman–Crippen LogP) is 3.18. The van der Waals surface area contributed by atoms with Gasteiger partial charge < -0.3 is 18.9 Å². The Morgan fingerprint density at radius 1 is 0.684 bits per heavy atom. The Morgan fingerprint density at radius 3 is 1.68 bits per heavy atom. The van der Waals surface area contributed by atoms with Crippen LogP contribution in [0.3, 0.4) is 0 Å². The highest BCUT2D eigenvalue weighted by atomic mass is 16.5. The van der Waals surface area contributed by atoms with Crippen molar-refractivity contribution in [1.29, 1.82) is 0 Å². The molecule has 2 rings (SSSR count). The lowest BCUT2D eigenvalue weighted by Gasteiger charge is -2.17. The van der Waals surface area contributed by atoms with Crippen LogP contribution in [0.4, 0.5) is 0 Å². The molecule has 0 unspecified atom stereocenters. The van der Waals surface area contributed by atoms with Crippen molar-refractivity contribution < 1.29 is 18.9 Å². The molecule has 0 aliphatic heterocycles. The first kappa shape index (κ1) is 13.3. The van der Waals surface area contributed by atoms with Crippen LogP contribution in [0.2, 0.25) is 0 Å². The van der Waals surface area contributed by atoms with Crippen LogP contribution in [0.1, 0.15) is 5.56 Å². The quantitative estimate of drug-likeness (QED) is 0.848. The van der Waals surface area contributed by atoms with E-state index in [0.29, 0.717) is 0 Å². The molecule has 0 aromatic heterocycles. The largest absolute Gasteiger partial charge is 0.496 e. The van der Waals surface area contributed by atoms with E-state index in [9.17, 15) is 0 Å². The molecule has 0 aliphatic rings. The molecule has 2 aromatic rings. The average Bonchev–Trinajstić information content (AvgIpc) is 2.45. The Morgan fingerprint density at radius 2 is 1.21 bits per heavy atom. The van der Waals surface area contributed by atoms with E-state index >= 15 is 0 Å². The molecule has 0 amide bonds. The molecule has 0 N–H and O–H groups in total. The molecular formula is C15H18O4. The molecular weight excluding hydrogens is 244 g/mol. The Bertz CT molecular complexity index is 605. The van der Waals surface area contributed by atoms with Gasteiger partial charge in [0.25, 0.3) is 0 Å². The van der Waals surface area contributed by atoms with Gasteiger partial charge in [-0.25, -0.2) is 0 Å². The number of hydrogen-bond donors (Lipinski definition) is 0. The molecule has 102 valence electrons. The summed E-state index contributed by atoms with van der Waals surface area (Å²) in [6.07, 6.45) is 0. The van der Waals surface area contributed by atoms with Crippen LogP contribution in [-0.4, -0.2) is 28.4 Å². The van der Waals surface area contributed by atoms with Gasteiger partial charge in [0.2, 0.25) is 0 Å². The second-order valence-corrected chi connectivity index (χ2v) is 4.15. The van der Waals surface area contributed by atoms with E-state index in [1.165, 1.54) is 0 Å². The minimum absolute atomic E-state index is 0.728. The zero-order valence-corrected chi connectivity index (χ0v) is 11.9. The number of hydrogen-bond acceptors (Lipinski definition) is 4. The van der Waals surface area contributed by atoms with Crippen molar-refractivity contribution in [3.63, 3.8) is 0 Å². The molecule has 0 heterocycles. The van der Waals surface area contributed by atoms with Gasteiger partial charge in [-0.05, 0) is 30.7 Å². The first-order valence-electron chi connectivity index (χ1n) is 5.94. The lowest BCUT2D eigenvalue weighted by atomic mass is 10.0. The first-order valence-corrected chi connectivity index (χ1v) is 5.94. The van der Waals surface area contributed by atoms with Gasteiger partial charge in [-0.2, -0.15) is 0 Å². The minimum Gasteiger partial charge on any atom is -0.496 e. The van der Waals surface area contributed by atoms with Crippen LogP contribution in [0, 0.1) is 6.92 Å². The van der Waals surface area contributed by atoms with Crippen molar-refractivity contribution >= 4 is 10.8 Å². The number of methoxy groups -OCH3 is 4. The zero-order chi connectivity index (χ0) is 14.0. The highest BCUT2D eigenvalue weighted by Crippen LogP contribution is 2.45. The van der Waals surface area contributed by atoms with Crippen molar-refractivity contribution in [2.45, 2.75) is 6.92 Å². The number of benzene rings is 2. The normalized spacial score (nSPS) is 10.4. The van der Waals surface area contributed by atoms with Gasteiger partial charge in [-0.15, -0.1) is 0 Å². The fourth-order valence-corrected chi connectivity index (χ4v) is 2.33. The highest BCUT2D eigenvalue weighted by Gasteiger charge is 2.18. The Kier molecular flexibility index (Phi) is 3.69. The second kappa shape index (κ2) is 5.26. The van der Waals surface area contributed by atoms with E-state index in [1.807, 2.05) is 25.1 Å². The van der Waals surface area contributed by atoms with Gasteiger partial charge in [-0.1, -0.05) is 0 Å². The first-order chi connectivity index (χ1) is 9.17.